The van der Waals surface area contributed by atoms with Crippen molar-refractivity contribution in [3.63, 3.8) is 0 Å². The van der Waals surface area contributed by atoms with Crippen molar-refractivity contribution in [2.45, 2.75) is 18.1 Å². The number of aromatic nitrogens is 1. The largest absolute Gasteiger partial charge is 0.416 e. The predicted molar refractivity (Wildman–Crippen MR) is 140 cm³/mol. The highest BCUT2D eigenvalue weighted by atomic mass is 35.5. The molecule has 0 radical (unpaired) electrons. The summed E-state index contributed by atoms with van der Waals surface area (Å²) in [5.41, 5.74) is -0.953. The number of benzene rings is 3. The lowest BCUT2D eigenvalue weighted by Crippen LogP contribution is -2.50. The number of nitrogens with zero attached hydrogens (tertiary/aromatic N) is 1. The molecule has 4 nitrogen and oxygen atoms in total. The standard InChI is InChI=1S/C27H19Cl3F3N3O/c28-20-12-13-23(34-16-20)26(15-17-6-2-1-3-7-17,18-8-4-9-19(14-18)27(31,32)33)36-25(37)35-22-11-5-10-21(29)24(22)30/h1-14,16H,15H2,(H2,35,36,37). The van der Waals surface area contributed by atoms with Crippen LogP contribution in [0.15, 0.2) is 91.1 Å². The summed E-state index contributed by atoms with van der Waals surface area (Å²) in [7, 11) is 0. The lowest BCUT2D eigenvalue weighted by atomic mass is 9.80. The van der Waals surface area contributed by atoms with Crippen LogP contribution in [-0.4, -0.2) is 11.0 Å². The van der Waals surface area contributed by atoms with Gasteiger partial charge in [0.2, 0.25) is 0 Å². The van der Waals surface area contributed by atoms with Crippen molar-refractivity contribution in [3.05, 3.63) is 129 Å². The summed E-state index contributed by atoms with van der Waals surface area (Å²) in [4.78, 5) is 17.8. The van der Waals surface area contributed by atoms with Gasteiger partial charge in [0.25, 0.3) is 0 Å². The third-order valence-electron chi connectivity index (χ3n) is 5.69. The zero-order valence-corrected chi connectivity index (χ0v) is 21.3. The molecule has 0 saturated carbocycles. The number of amides is 2. The van der Waals surface area contributed by atoms with Crippen molar-refractivity contribution < 1.29 is 18.0 Å². The van der Waals surface area contributed by atoms with Crippen LogP contribution in [0.3, 0.4) is 0 Å². The van der Waals surface area contributed by atoms with Crippen LogP contribution < -0.4 is 10.6 Å². The van der Waals surface area contributed by atoms with Crippen molar-refractivity contribution in [1.82, 2.24) is 10.3 Å². The fourth-order valence-corrected chi connectivity index (χ4v) is 4.42. The Morgan fingerprint density at radius 1 is 0.838 bits per heavy atom. The number of carbonyl (C=O) groups is 1. The van der Waals surface area contributed by atoms with Crippen LogP contribution in [0, 0.1) is 0 Å². The lowest BCUT2D eigenvalue weighted by Gasteiger charge is -2.36. The maximum atomic E-state index is 13.7. The second-order valence-electron chi connectivity index (χ2n) is 8.19. The van der Waals surface area contributed by atoms with Crippen LogP contribution in [0.2, 0.25) is 15.1 Å². The number of alkyl halides is 3. The minimum Gasteiger partial charge on any atom is -0.322 e. The quantitative estimate of drug-likeness (QED) is 0.247. The Morgan fingerprint density at radius 2 is 1.54 bits per heavy atom. The molecule has 2 amide bonds. The van der Waals surface area contributed by atoms with Crippen molar-refractivity contribution in [2.75, 3.05) is 5.32 Å². The summed E-state index contributed by atoms with van der Waals surface area (Å²) in [6, 6.07) is 20.9. The van der Waals surface area contributed by atoms with Gasteiger partial charge in [-0.15, -0.1) is 0 Å². The predicted octanol–water partition coefficient (Wildman–Crippen LogP) is 8.37. The van der Waals surface area contributed by atoms with E-state index in [2.05, 4.69) is 15.6 Å². The SMILES string of the molecule is O=C(Nc1cccc(Cl)c1Cl)NC(Cc1ccccc1)(c1cccc(C(F)(F)F)c1)c1ccc(Cl)cn1. The Morgan fingerprint density at radius 3 is 2.22 bits per heavy atom. The van der Waals surface area contributed by atoms with Gasteiger partial charge in [0.1, 0.15) is 5.54 Å². The third-order valence-corrected chi connectivity index (χ3v) is 6.73. The van der Waals surface area contributed by atoms with Crippen LogP contribution in [-0.2, 0) is 18.1 Å². The zero-order valence-electron chi connectivity index (χ0n) is 19.0. The molecule has 0 aliphatic heterocycles. The Kier molecular flexibility index (Phi) is 7.97. The fourth-order valence-electron chi connectivity index (χ4n) is 3.96. The molecule has 1 unspecified atom stereocenters. The van der Waals surface area contributed by atoms with Gasteiger partial charge < -0.3 is 10.6 Å². The van der Waals surface area contributed by atoms with Gasteiger partial charge in [-0.25, -0.2) is 4.79 Å². The average Bonchev–Trinajstić information content (AvgIpc) is 2.87. The first-order valence-electron chi connectivity index (χ1n) is 11.0. The Bertz CT molecular complexity index is 1400. The van der Waals surface area contributed by atoms with Crippen LogP contribution in [0.5, 0.6) is 0 Å². The van der Waals surface area contributed by atoms with Crippen LogP contribution in [0.4, 0.5) is 23.7 Å². The molecule has 0 aliphatic rings. The highest BCUT2D eigenvalue weighted by molar-refractivity contribution is 6.44. The van der Waals surface area contributed by atoms with E-state index in [4.69, 9.17) is 34.8 Å². The summed E-state index contributed by atoms with van der Waals surface area (Å²) in [5, 5.41) is 6.21. The smallest absolute Gasteiger partial charge is 0.322 e. The number of halogens is 6. The normalized spacial score (nSPS) is 13.0. The van der Waals surface area contributed by atoms with E-state index in [0.717, 1.165) is 17.7 Å². The molecule has 4 rings (SSSR count). The van der Waals surface area contributed by atoms with E-state index in [1.165, 1.54) is 18.3 Å². The first kappa shape index (κ1) is 26.8. The van der Waals surface area contributed by atoms with Gasteiger partial charge in [0, 0.05) is 12.6 Å². The molecule has 0 fully saturated rings. The Labute approximate surface area is 226 Å². The van der Waals surface area contributed by atoms with E-state index in [1.54, 1.807) is 42.5 Å². The molecule has 37 heavy (non-hydrogen) atoms. The van der Waals surface area contributed by atoms with Gasteiger partial charge in [-0.1, -0.05) is 83.3 Å². The number of hydrogen-bond acceptors (Lipinski definition) is 2. The molecule has 1 atom stereocenters. The average molecular weight is 565 g/mol. The van der Waals surface area contributed by atoms with E-state index in [-0.39, 0.29) is 33.4 Å². The summed E-state index contributed by atoms with van der Waals surface area (Å²) < 4.78 is 41.1. The first-order chi connectivity index (χ1) is 17.6. The van der Waals surface area contributed by atoms with E-state index in [0.29, 0.717) is 5.02 Å². The Balaban J connectivity index is 1.88. The maximum absolute atomic E-state index is 13.7. The molecule has 4 aromatic rings. The van der Waals surface area contributed by atoms with Gasteiger partial charge >= 0.3 is 12.2 Å². The number of pyridine rings is 1. The van der Waals surface area contributed by atoms with Gasteiger partial charge in [-0.05, 0) is 47.5 Å². The van der Waals surface area contributed by atoms with Crippen molar-refractivity contribution >= 4 is 46.5 Å². The topological polar surface area (TPSA) is 54.0 Å². The highest BCUT2D eigenvalue weighted by Gasteiger charge is 2.40. The highest BCUT2D eigenvalue weighted by Crippen LogP contribution is 2.37. The van der Waals surface area contributed by atoms with E-state index < -0.39 is 23.3 Å². The number of rotatable bonds is 6. The zero-order chi connectivity index (χ0) is 26.6. The number of hydrogen-bond donors (Lipinski definition) is 2. The van der Waals surface area contributed by atoms with Gasteiger partial charge in [-0.2, -0.15) is 13.2 Å². The van der Waals surface area contributed by atoms with Crippen LogP contribution >= 0.6 is 34.8 Å². The van der Waals surface area contributed by atoms with Crippen molar-refractivity contribution in [2.24, 2.45) is 0 Å². The van der Waals surface area contributed by atoms with Crippen molar-refractivity contribution in [3.8, 4) is 0 Å². The molecule has 190 valence electrons. The number of nitrogens with one attached hydrogen (secondary N) is 2. The number of anilines is 1. The molecular formula is C27H19Cl3F3N3O. The van der Waals surface area contributed by atoms with E-state index >= 15 is 0 Å². The van der Waals surface area contributed by atoms with Crippen LogP contribution in [0.1, 0.15) is 22.4 Å². The summed E-state index contributed by atoms with van der Waals surface area (Å²) in [6.45, 7) is 0. The molecular weight excluding hydrogens is 546 g/mol. The maximum Gasteiger partial charge on any atom is 0.416 e. The molecule has 1 aromatic heterocycles. The minimum absolute atomic E-state index is 0.0838. The lowest BCUT2D eigenvalue weighted by molar-refractivity contribution is -0.137. The Hall–Kier alpha value is -3.26. The molecule has 1 heterocycles. The monoisotopic (exact) mass is 563 g/mol. The summed E-state index contributed by atoms with van der Waals surface area (Å²) in [5.74, 6) is 0. The van der Waals surface area contributed by atoms with Gasteiger partial charge in [-0.3, -0.25) is 4.98 Å². The number of carbonyl (C=O) groups excluding carboxylic acids is 1. The number of urea groups is 1. The molecule has 2 N–H and O–H groups in total. The minimum atomic E-state index is -4.60. The summed E-state index contributed by atoms with van der Waals surface area (Å²) in [6.07, 6.45) is -3.14. The molecule has 0 bridgehead atoms. The molecule has 0 saturated heterocycles. The van der Waals surface area contributed by atoms with E-state index in [1.807, 2.05) is 18.2 Å². The van der Waals surface area contributed by atoms with E-state index in [9.17, 15) is 18.0 Å². The molecule has 0 aliphatic carbocycles. The van der Waals surface area contributed by atoms with Gasteiger partial charge in [0.05, 0.1) is 32.0 Å². The third kappa shape index (κ3) is 6.18. The fraction of sp³-hybridized carbons (Fsp3) is 0.111. The molecule has 10 heteroatoms. The van der Waals surface area contributed by atoms with Gasteiger partial charge in [0.15, 0.2) is 0 Å². The second kappa shape index (κ2) is 11.0. The molecule has 3 aromatic carbocycles. The first-order valence-corrected chi connectivity index (χ1v) is 12.1. The summed E-state index contributed by atoms with van der Waals surface area (Å²) >= 11 is 18.4. The van der Waals surface area contributed by atoms with Crippen molar-refractivity contribution in [1.29, 1.82) is 0 Å². The van der Waals surface area contributed by atoms with Crippen LogP contribution in [0.25, 0.3) is 0 Å². The molecule has 0 spiro atoms. The second-order valence-corrected chi connectivity index (χ2v) is 9.41.